The van der Waals surface area contributed by atoms with Crippen molar-refractivity contribution >= 4 is 15.8 Å². The summed E-state index contributed by atoms with van der Waals surface area (Å²) in [4.78, 5) is 21.1. The molecular weight excluding hydrogens is 366 g/mol. The number of ether oxygens (including phenoxy) is 1. The summed E-state index contributed by atoms with van der Waals surface area (Å²) in [5, 5.41) is 0. The first-order valence-corrected chi connectivity index (χ1v) is 10.5. The summed E-state index contributed by atoms with van der Waals surface area (Å²) in [5.41, 5.74) is 2.72. The van der Waals surface area contributed by atoms with E-state index in [-0.39, 0.29) is 24.1 Å². The standard InChI is InChI=1S/C19H23N3O4S/c1-4-27(24,25)22-11-17(12-22)26-16-7-14(3)21-18(9-16)19(23)8-15-6-5-13(2)10-20-15/h5-7,9-10,17H,4,8,11-12H2,1-3H3. The van der Waals surface area contributed by atoms with E-state index in [2.05, 4.69) is 9.97 Å². The number of nitrogens with zero attached hydrogens (tertiary/aromatic N) is 3. The third-order valence-corrected chi connectivity index (χ3v) is 6.22. The van der Waals surface area contributed by atoms with Gasteiger partial charge in [0.1, 0.15) is 17.5 Å². The van der Waals surface area contributed by atoms with Gasteiger partial charge in [-0.2, -0.15) is 4.31 Å². The fourth-order valence-electron chi connectivity index (χ4n) is 2.78. The Morgan fingerprint density at radius 3 is 2.63 bits per heavy atom. The van der Waals surface area contributed by atoms with Gasteiger partial charge in [-0.05, 0) is 32.4 Å². The third kappa shape index (κ3) is 4.70. The maximum atomic E-state index is 12.5. The molecule has 0 N–H and O–H groups in total. The molecule has 0 aromatic carbocycles. The molecular formula is C19H23N3O4S. The largest absolute Gasteiger partial charge is 0.488 e. The molecule has 1 aliphatic rings. The number of pyridine rings is 2. The molecule has 0 aliphatic carbocycles. The molecule has 27 heavy (non-hydrogen) atoms. The van der Waals surface area contributed by atoms with Crippen molar-refractivity contribution in [1.82, 2.24) is 14.3 Å². The van der Waals surface area contributed by atoms with Crippen LogP contribution in [0.1, 0.15) is 34.4 Å². The molecule has 1 aliphatic heterocycles. The molecule has 2 aromatic heterocycles. The molecule has 8 heteroatoms. The van der Waals surface area contributed by atoms with Crippen LogP contribution in [0.2, 0.25) is 0 Å². The maximum Gasteiger partial charge on any atom is 0.214 e. The van der Waals surface area contributed by atoms with Crippen LogP contribution < -0.4 is 4.74 Å². The highest BCUT2D eigenvalue weighted by Gasteiger charge is 2.36. The lowest BCUT2D eigenvalue weighted by Gasteiger charge is -2.37. The van der Waals surface area contributed by atoms with Crippen molar-refractivity contribution < 1.29 is 17.9 Å². The van der Waals surface area contributed by atoms with Crippen molar-refractivity contribution in [3.63, 3.8) is 0 Å². The molecule has 3 rings (SSSR count). The van der Waals surface area contributed by atoms with E-state index in [4.69, 9.17) is 4.74 Å². The van der Waals surface area contributed by atoms with Crippen LogP contribution in [0.5, 0.6) is 5.75 Å². The van der Waals surface area contributed by atoms with Gasteiger partial charge in [-0.15, -0.1) is 0 Å². The van der Waals surface area contributed by atoms with Gasteiger partial charge in [0.05, 0.1) is 25.3 Å². The van der Waals surface area contributed by atoms with Gasteiger partial charge in [0.25, 0.3) is 0 Å². The van der Waals surface area contributed by atoms with Gasteiger partial charge in [-0.3, -0.25) is 9.78 Å². The number of carbonyl (C=O) groups is 1. The van der Waals surface area contributed by atoms with Crippen molar-refractivity contribution in [2.75, 3.05) is 18.8 Å². The number of hydrogen-bond donors (Lipinski definition) is 0. The zero-order valence-electron chi connectivity index (χ0n) is 15.7. The van der Waals surface area contributed by atoms with Gasteiger partial charge in [0, 0.05) is 29.7 Å². The second-order valence-electron chi connectivity index (χ2n) is 6.71. The van der Waals surface area contributed by atoms with Crippen LogP contribution >= 0.6 is 0 Å². The number of Topliss-reactive ketones (excluding diaryl/α,β-unsaturated/α-hetero) is 1. The van der Waals surface area contributed by atoms with Gasteiger partial charge in [0.2, 0.25) is 10.0 Å². The van der Waals surface area contributed by atoms with E-state index in [0.29, 0.717) is 35.9 Å². The number of aromatic nitrogens is 2. The number of aryl methyl sites for hydroxylation is 2. The Kier molecular flexibility index (Phi) is 5.57. The van der Waals surface area contributed by atoms with Crippen molar-refractivity contribution in [2.45, 2.75) is 33.3 Å². The predicted octanol–water partition coefficient (Wildman–Crippen LogP) is 1.93. The average molecular weight is 389 g/mol. The minimum Gasteiger partial charge on any atom is -0.488 e. The Labute approximate surface area is 159 Å². The van der Waals surface area contributed by atoms with E-state index in [1.807, 2.05) is 19.1 Å². The lowest BCUT2D eigenvalue weighted by atomic mass is 10.1. The SMILES string of the molecule is CCS(=O)(=O)N1CC(Oc2cc(C)nc(C(=O)Cc3ccc(C)cn3)c2)C1. The summed E-state index contributed by atoms with van der Waals surface area (Å²) in [6, 6.07) is 7.11. The number of carbonyl (C=O) groups excluding carboxylic acids is 1. The highest BCUT2D eigenvalue weighted by atomic mass is 32.2. The van der Waals surface area contributed by atoms with Crippen molar-refractivity contribution in [1.29, 1.82) is 0 Å². The molecule has 1 fully saturated rings. The smallest absolute Gasteiger partial charge is 0.214 e. The van der Waals surface area contributed by atoms with Crippen molar-refractivity contribution in [3.8, 4) is 5.75 Å². The van der Waals surface area contributed by atoms with E-state index in [0.717, 1.165) is 5.56 Å². The maximum absolute atomic E-state index is 12.5. The molecule has 0 unspecified atom stereocenters. The van der Waals surface area contributed by atoms with Crippen LogP contribution in [0.15, 0.2) is 30.5 Å². The Morgan fingerprint density at radius 1 is 1.26 bits per heavy atom. The van der Waals surface area contributed by atoms with E-state index in [9.17, 15) is 13.2 Å². The minimum atomic E-state index is -3.17. The van der Waals surface area contributed by atoms with Crippen molar-refractivity contribution in [2.24, 2.45) is 0 Å². The Balaban J connectivity index is 1.66. The topological polar surface area (TPSA) is 89.5 Å². The normalized spacial score (nSPS) is 15.4. The van der Waals surface area contributed by atoms with Gasteiger partial charge in [-0.25, -0.2) is 13.4 Å². The molecule has 0 atom stereocenters. The number of hydrogen-bond acceptors (Lipinski definition) is 6. The van der Waals surface area contributed by atoms with Crippen LogP contribution in [0.4, 0.5) is 0 Å². The number of ketones is 1. The lowest BCUT2D eigenvalue weighted by molar-refractivity contribution is 0.0759. The lowest BCUT2D eigenvalue weighted by Crippen LogP contribution is -2.56. The summed E-state index contributed by atoms with van der Waals surface area (Å²) in [7, 11) is -3.17. The Hall–Kier alpha value is -2.32. The second kappa shape index (κ2) is 7.74. The van der Waals surface area contributed by atoms with E-state index in [1.54, 1.807) is 32.2 Å². The molecule has 144 valence electrons. The van der Waals surface area contributed by atoms with Crippen LogP contribution in [-0.4, -0.2) is 53.4 Å². The third-order valence-electron chi connectivity index (χ3n) is 4.40. The monoisotopic (exact) mass is 389 g/mol. The molecule has 1 saturated heterocycles. The summed E-state index contributed by atoms with van der Waals surface area (Å²) in [6.07, 6.45) is 1.69. The molecule has 0 bridgehead atoms. The Bertz CT molecular complexity index is 936. The predicted molar refractivity (Wildman–Crippen MR) is 101 cm³/mol. The zero-order valence-corrected chi connectivity index (χ0v) is 16.5. The average Bonchev–Trinajstić information content (AvgIpc) is 2.59. The van der Waals surface area contributed by atoms with Gasteiger partial charge in [-0.1, -0.05) is 6.07 Å². The van der Waals surface area contributed by atoms with Crippen LogP contribution in [0, 0.1) is 13.8 Å². The summed E-state index contributed by atoms with van der Waals surface area (Å²) in [5.74, 6) is 0.477. The van der Waals surface area contributed by atoms with E-state index in [1.165, 1.54) is 4.31 Å². The summed E-state index contributed by atoms with van der Waals surface area (Å²) in [6.45, 7) is 6.01. The van der Waals surface area contributed by atoms with Crippen LogP contribution in [-0.2, 0) is 16.4 Å². The summed E-state index contributed by atoms with van der Waals surface area (Å²) >= 11 is 0. The summed E-state index contributed by atoms with van der Waals surface area (Å²) < 4.78 is 30.8. The fourth-order valence-corrected chi connectivity index (χ4v) is 3.94. The van der Waals surface area contributed by atoms with Crippen molar-refractivity contribution in [3.05, 3.63) is 53.1 Å². The highest BCUT2D eigenvalue weighted by Crippen LogP contribution is 2.22. The first kappa shape index (κ1) is 19.4. The number of sulfonamides is 1. The van der Waals surface area contributed by atoms with Gasteiger partial charge in [0.15, 0.2) is 5.78 Å². The Morgan fingerprint density at radius 2 is 2.00 bits per heavy atom. The minimum absolute atomic E-state index is 0.0831. The molecule has 0 saturated carbocycles. The quantitative estimate of drug-likeness (QED) is 0.672. The second-order valence-corrected chi connectivity index (χ2v) is 8.97. The highest BCUT2D eigenvalue weighted by molar-refractivity contribution is 7.89. The zero-order chi connectivity index (χ0) is 19.6. The molecule has 2 aromatic rings. The van der Waals surface area contributed by atoms with E-state index >= 15 is 0 Å². The fraction of sp³-hybridized carbons (Fsp3) is 0.421. The molecule has 0 spiro atoms. The molecule has 0 amide bonds. The molecule has 3 heterocycles. The molecule has 0 radical (unpaired) electrons. The number of rotatable bonds is 7. The first-order chi connectivity index (χ1) is 12.8. The van der Waals surface area contributed by atoms with Gasteiger partial charge >= 0.3 is 0 Å². The molecule has 7 nitrogen and oxygen atoms in total. The van der Waals surface area contributed by atoms with E-state index < -0.39 is 10.0 Å². The van der Waals surface area contributed by atoms with Crippen LogP contribution in [0.3, 0.4) is 0 Å². The van der Waals surface area contributed by atoms with Crippen LogP contribution in [0.25, 0.3) is 0 Å². The first-order valence-electron chi connectivity index (χ1n) is 8.84. The van der Waals surface area contributed by atoms with Gasteiger partial charge < -0.3 is 4.74 Å².